The zero-order chi connectivity index (χ0) is 27.7. The quantitative estimate of drug-likeness (QED) is 0.399. The first-order valence-corrected chi connectivity index (χ1v) is 12.6. The standard InChI is InChI=1S/C26H24ClF3N4O5/c27-17-9-7-16(8-10-17)15-34-21-22(31-25(34)38-18-4-1-5-19(14-18)39-26(28,29)30)32-11-2-6-20(32)23(36)33(24(21)37)12-3-13-35/h1,4-5,7-10,14,20,35H,2-3,6,11-13,15H2. The zero-order valence-electron chi connectivity index (χ0n) is 20.5. The molecule has 2 aromatic carbocycles. The number of ether oxygens (including phenoxy) is 2. The highest BCUT2D eigenvalue weighted by Crippen LogP contribution is 2.38. The predicted octanol–water partition coefficient (Wildman–Crippen LogP) is 4.61. The Bertz CT molecular complexity index is 1380. The Morgan fingerprint density at radius 2 is 1.85 bits per heavy atom. The van der Waals surface area contributed by atoms with Crippen molar-refractivity contribution >= 4 is 29.2 Å². The normalized spacial score (nSPS) is 17.2. The van der Waals surface area contributed by atoms with Gasteiger partial charge in [-0.2, -0.15) is 4.98 Å². The minimum Gasteiger partial charge on any atom is -0.425 e. The number of aliphatic hydroxyl groups is 1. The summed E-state index contributed by atoms with van der Waals surface area (Å²) in [7, 11) is 0. The number of fused-ring (bicyclic) bond motifs is 3. The number of hydrogen-bond acceptors (Lipinski definition) is 7. The monoisotopic (exact) mass is 564 g/mol. The second-order valence-corrected chi connectivity index (χ2v) is 9.56. The van der Waals surface area contributed by atoms with Crippen molar-refractivity contribution in [3.8, 4) is 17.5 Å². The van der Waals surface area contributed by atoms with E-state index in [1.54, 1.807) is 29.2 Å². The Morgan fingerprint density at radius 3 is 2.56 bits per heavy atom. The smallest absolute Gasteiger partial charge is 0.425 e. The number of rotatable bonds is 8. The molecule has 0 radical (unpaired) electrons. The van der Waals surface area contributed by atoms with Gasteiger partial charge in [-0.05, 0) is 49.1 Å². The van der Waals surface area contributed by atoms with Crippen LogP contribution in [0.2, 0.25) is 5.02 Å². The summed E-state index contributed by atoms with van der Waals surface area (Å²) < 4.78 is 49.8. The minimum atomic E-state index is -4.88. The SMILES string of the molecule is O=C1c2c(nc(Oc3cccc(OC(F)(F)F)c3)n2Cc2ccc(Cl)cc2)N2CCCC2C(=O)N1CCCO. The number of imidazole rings is 1. The zero-order valence-corrected chi connectivity index (χ0v) is 21.3. The highest BCUT2D eigenvalue weighted by atomic mass is 35.5. The number of anilines is 1. The fourth-order valence-corrected chi connectivity index (χ4v) is 4.92. The van der Waals surface area contributed by atoms with Crippen LogP contribution in [0, 0.1) is 0 Å². The average molecular weight is 565 g/mol. The van der Waals surface area contributed by atoms with E-state index >= 15 is 0 Å². The minimum absolute atomic E-state index is 0.00731. The first-order chi connectivity index (χ1) is 18.6. The van der Waals surface area contributed by atoms with E-state index in [0.29, 0.717) is 24.4 Å². The molecule has 9 nitrogen and oxygen atoms in total. The molecule has 206 valence electrons. The first-order valence-electron chi connectivity index (χ1n) is 12.3. The largest absolute Gasteiger partial charge is 0.573 e. The van der Waals surface area contributed by atoms with E-state index in [-0.39, 0.29) is 55.3 Å². The predicted molar refractivity (Wildman–Crippen MR) is 134 cm³/mol. The second kappa shape index (κ2) is 10.8. The molecule has 3 heterocycles. The lowest BCUT2D eigenvalue weighted by Gasteiger charge is -2.24. The molecule has 1 saturated heterocycles. The summed E-state index contributed by atoms with van der Waals surface area (Å²) in [5.41, 5.74) is 0.847. The van der Waals surface area contributed by atoms with Gasteiger partial charge in [-0.15, -0.1) is 13.2 Å². The maximum absolute atomic E-state index is 13.8. The number of benzene rings is 2. The van der Waals surface area contributed by atoms with Gasteiger partial charge in [0.05, 0.1) is 6.54 Å². The number of halogens is 4. The fraction of sp³-hybridized carbons (Fsp3) is 0.346. The number of aliphatic hydroxyl groups excluding tert-OH is 1. The van der Waals surface area contributed by atoms with Gasteiger partial charge in [-0.1, -0.05) is 29.8 Å². The number of nitrogens with zero attached hydrogens (tertiary/aromatic N) is 4. The van der Waals surface area contributed by atoms with Gasteiger partial charge in [0.2, 0.25) is 0 Å². The molecule has 0 bridgehead atoms. The number of carbonyl (C=O) groups is 2. The molecule has 39 heavy (non-hydrogen) atoms. The molecule has 2 amide bonds. The number of carbonyl (C=O) groups excluding carboxylic acids is 2. The van der Waals surface area contributed by atoms with Crippen molar-refractivity contribution in [2.24, 2.45) is 0 Å². The van der Waals surface area contributed by atoms with Gasteiger partial charge < -0.3 is 19.5 Å². The van der Waals surface area contributed by atoms with Crippen LogP contribution < -0.4 is 14.4 Å². The van der Waals surface area contributed by atoms with E-state index in [9.17, 15) is 27.9 Å². The highest BCUT2D eigenvalue weighted by molar-refractivity contribution is 6.30. The second-order valence-electron chi connectivity index (χ2n) is 9.13. The Hall–Kier alpha value is -3.77. The van der Waals surface area contributed by atoms with Crippen molar-refractivity contribution < 1.29 is 37.3 Å². The number of hydrogen-bond donors (Lipinski definition) is 1. The van der Waals surface area contributed by atoms with Crippen LogP contribution in [0.1, 0.15) is 35.3 Å². The molecule has 3 aromatic rings. The third kappa shape index (κ3) is 5.66. The average Bonchev–Trinajstić information content (AvgIpc) is 3.48. The third-order valence-electron chi connectivity index (χ3n) is 6.48. The number of imide groups is 1. The topological polar surface area (TPSA) is 97.1 Å². The van der Waals surface area contributed by atoms with E-state index < -0.39 is 24.1 Å². The van der Waals surface area contributed by atoms with Crippen LogP contribution >= 0.6 is 11.6 Å². The lowest BCUT2D eigenvalue weighted by molar-refractivity contribution is -0.274. The van der Waals surface area contributed by atoms with Crippen LogP contribution in [0.15, 0.2) is 48.5 Å². The van der Waals surface area contributed by atoms with Crippen molar-refractivity contribution in [3.05, 3.63) is 64.8 Å². The van der Waals surface area contributed by atoms with Gasteiger partial charge in [-0.25, -0.2) is 0 Å². The number of amides is 2. The molecule has 13 heteroatoms. The summed E-state index contributed by atoms with van der Waals surface area (Å²) >= 11 is 6.04. The molecule has 0 saturated carbocycles. The van der Waals surface area contributed by atoms with Crippen LogP contribution in [0.25, 0.3) is 0 Å². The summed E-state index contributed by atoms with van der Waals surface area (Å²) in [5.74, 6) is -1.17. The van der Waals surface area contributed by atoms with Crippen LogP contribution in [-0.4, -0.2) is 63.5 Å². The molecule has 1 N–H and O–H groups in total. The fourth-order valence-electron chi connectivity index (χ4n) is 4.79. The van der Waals surface area contributed by atoms with Crippen LogP contribution in [0.5, 0.6) is 17.5 Å². The number of aromatic nitrogens is 2. The molecule has 1 aromatic heterocycles. The summed E-state index contributed by atoms with van der Waals surface area (Å²) in [6.07, 6.45) is -3.45. The van der Waals surface area contributed by atoms with Crippen molar-refractivity contribution in [1.29, 1.82) is 0 Å². The molecule has 1 unspecified atom stereocenters. The maximum Gasteiger partial charge on any atom is 0.573 e. The Morgan fingerprint density at radius 1 is 1.10 bits per heavy atom. The Labute approximate surface area is 226 Å². The molecular formula is C26H24ClF3N4O5. The van der Waals surface area contributed by atoms with Gasteiger partial charge in [0.1, 0.15) is 17.5 Å². The van der Waals surface area contributed by atoms with E-state index in [0.717, 1.165) is 22.6 Å². The van der Waals surface area contributed by atoms with Gasteiger partial charge in [0, 0.05) is 30.8 Å². The third-order valence-corrected chi connectivity index (χ3v) is 6.73. The number of alkyl halides is 3. The van der Waals surface area contributed by atoms with Crippen molar-refractivity contribution in [3.63, 3.8) is 0 Å². The van der Waals surface area contributed by atoms with Crippen molar-refractivity contribution in [2.75, 3.05) is 24.6 Å². The molecule has 2 aliphatic heterocycles. The van der Waals surface area contributed by atoms with Crippen LogP contribution in [0.4, 0.5) is 19.0 Å². The van der Waals surface area contributed by atoms with Gasteiger partial charge in [0.25, 0.3) is 11.8 Å². The first kappa shape index (κ1) is 26.8. The molecule has 5 rings (SSSR count). The van der Waals surface area contributed by atoms with E-state index in [1.807, 2.05) is 0 Å². The lowest BCUT2D eigenvalue weighted by Crippen LogP contribution is -2.46. The summed E-state index contributed by atoms with van der Waals surface area (Å²) in [6.45, 7) is 0.404. The van der Waals surface area contributed by atoms with Gasteiger partial charge in [0.15, 0.2) is 11.5 Å². The molecule has 2 aliphatic rings. The molecule has 0 spiro atoms. The van der Waals surface area contributed by atoms with Gasteiger partial charge in [-0.3, -0.25) is 19.1 Å². The molecule has 1 fully saturated rings. The van der Waals surface area contributed by atoms with Crippen LogP contribution in [0.3, 0.4) is 0 Å². The highest BCUT2D eigenvalue weighted by Gasteiger charge is 2.45. The summed E-state index contributed by atoms with van der Waals surface area (Å²) in [5, 5.41) is 9.88. The Balaban J connectivity index is 1.61. The lowest BCUT2D eigenvalue weighted by atomic mass is 10.2. The van der Waals surface area contributed by atoms with Crippen LogP contribution in [-0.2, 0) is 11.3 Å². The Kier molecular flexibility index (Phi) is 7.41. The van der Waals surface area contributed by atoms with E-state index in [2.05, 4.69) is 9.72 Å². The molecular weight excluding hydrogens is 541 g/mol. The summed E-state index contributed by atoms with van der Waals surface area (Å²) in [4.78, 5) is 34.7. The van der Waals surface area contributed by atoms with Crippen molar-refractivity contribution in [1.82, 2.24) is 14.5 Å². The molecule has 0 aliphatic carbocycles. The van der Waals surface area contributed by atoms with Gasteiger partial charge >= 0.3 is 12.4 Å². The summed E-state index contributed by atoms with van der Waals surface area (Å²) in [6, 6.07) is 11.2. The molecule has 1 atom stereocenters. The van der Waals surface area contributed by atoms with Crippen molar-refractivity contribution in [2.45, 2.75) is 38.2 Å². The van der Waals surface area contributed by atoms with E-state index in [1.165, 1.54) is 16.7 Å². The maximum atomic E-state index is 13.8. The van der Waals surface area contributed by atoms with E-state index in [4.69, 9.17) is 16.3 Å².